The van der Waals surface area contributed by atoms with Gasteiger partial charge in [-0.3, -0.25) is 9.69 Å². The Kier molecular flexibility index (Phi) is 6.07. The molecule has 1 aromatic carbocycles. The molecule has 6 heteroatoms. The molecule has 2 heterocycles. The van der Waals surface area contributed by atoms with E-state index in [9.17, 15) is 4.79 Å². The number of nitrogens with one attached hydrogen (secondary N) is 1. The van der Waals surface area contributed by atoms with Crippen LogP contribution in [-0.4, -0.2) is 50.3 Å². The van der Waals surface area contributed by atoms with Crippen molar-refractivity contribution in [3.8, 4) is 5.75 Å². The molecule has 0 unspecified atom stereocenters. The number of nitrogens with zero attached hydrogens (tertiary/aromatic N) is 1. The Morgan fingerprint density at radius 3 is 2.68 bits per heavy atom. The molecule has 5 nitrogen and oxygen atoms in total. The molecule has 1 N–H and O–H groups in total. The quantitative estimate of drug-likeness (QED) is 0.861. The molecule has 2 atom stereocenters. The molecule has 0 aliphatic carbocycles. The van der Waals surface area contributed by atoms with Gasteiger partial charge in [-0.2, -0.15) is 0 Å². The van der Waals surface area contributed by atoms with E-state index in [0.717, 1.165) is 26.3 Å². The Labute approximate surface area is 152 Å². The van der Waals surface area contributed by atoms with Crippen molar-refractivity contribution >= 4 is 17.2 Å². The van der Waals surface area contributed by atoms with Gasteiger partial charge in [-0.25, -0.2) is 0 Å². The summed E-state index contributed by atoms with van der Waals surface area (Å²) in [5.74, 6) is 0.478. The monoisotopic (exact) mass is 360 g/mol. The van der Waals surface area contributed by atoms with Crippen LogP contribution in [0.5, 0.6) is 5.75 Å². The number of hydrogen-bond acceptors (Lipinski definition) is 5. The molecule has 0 radical (unpaired) electrons. The average molecular weight is 360 g/mol. The first kappa shape index (κ1) is 17.9. The van der Waals surface area contributed by atoms with E-state index in [2.05, 4.69) is 34.7 Å². The van der Waals surface area contributed by atoms with Crippen molar-refractivity contribution in [1.29, 1.82) is 0 Å². The van der Waals surface area contributed by atoms with Crippen LogP contribution in [0.15, 0.2) is 41.8 Å². The second kappa shape index (κ2) is 8.47. The smallest absolute Gasteiger partial charge is 0.255 e. The summed E-state index contributed by atoms with van der Waals surface area (Å²) in [6.45, 7) is 5.27. The van der Waals surface area contributed by atoms with Gasteiger partial charge < -0.3 is 14.8 Å². The number of hydrogen-bond donors (Lipinski definition) is 1. The van der Waals surface area contributed by atoms with Crippen LogP contribution < -0.4 is 10.1 Å². The van der Waals surface area contributed by atoms with Crippen LogP contribution in [0.3, 0.4) is 0 Å². The minimum Gasteiger partial charge on any atom is -0.496 e. The van der Waals surface area contributed by atoms with E-state index in [1.807, 2.05) is 12.1 Å². The fourth-order valence-corrected chi connectivity index (χ4v) is 4.22. The topological polar surface area (TPSA) is 50.8 Å². The Hall–Kier alpha value is -1.89. The third-order valence-corrected chi connectivity index (χ3v) is 5.40. The molecule has 0 saturated carbocycles. The summed E-state index contributed by atoms with van der Waals surface area (Å²) >= 11 is 1.73. The van der Waals surface area contributed by atoms with E-state index in [0.29, 0.717) is 11.3 Å². The zero-order chi connectivity index (χ0) is 17.6. The van der Waals surface area contributed by atoms with E-state index in [4.69, 9.17) is 9.47 Å². The number of benzene rings is 1. The van der Waals surface area contributed by atoms with Crippen molar-refractivity contribution in [2.75, 3.05) is 33.4 Å². The Bertz CT molecular complexity index is 684. The van der Waals surface area contributed by atoms with Crippen LogP contribution in [-0.2, 0) is 4.74 Å². The minimum atomic E-state index is -0.111. The van der Waals surface area contributed by atoms with Crippen LogP contribution in [0.4, 0.5) is 0 Å². The number of methoxy groups -OCH3 is 1. The van der Waals surface area contributed by atoms with E-state index < -0.39 is 0 Å². The molecule has 1 fully saturated rings. The van der Waals surface area contributed by atoms with Crippen LogP contribution in [0.25, 0.3) is 0 Å². The van der Waals surface area contributed by atoms with E-state index in [1.165, 1.54) is 4.88 Å². The van der Waals surface area contributed by atoms with E-state index in [-0.39, 0.29) is 18.0 Å². The first-order valence-electron chi connectivity index (χ1n) is 8.50. The lowest BCUT2D eigenvalue weighted by Gasteiger charge is -2.37. The van der Waals surface area contributed by atoms with Gasteiger partial charge >= 0.3 is 0 Å². The predicted octanol–water partition coefficient (Wildman–Crippen LogP) is 2.95. The third kappa shape index (κ3) is 4.21. The number of morpholine rings is 1. The lowest BCUT2D eigenvalue weighted by molar-refractivity contribution is 0.00969. The van der Waals surface area contributed by atoms with Crippen molar-refractivity contribution in [2.24, 2.45) is 0 Å². The second-order valence-electron chi connectivity index (χ2n) is 6.07. The van der Waals surface area contributed by atoms with Gasteiger partial charge in [0.15, 0.2) is 0 Å². The van der Waals surface area contributed by atoms with Crippen LogP contribution in [0, 0.1) is 0 Å². The highest BCUT2D eigenvalue weighted by atomic mass is 32.1. The van der Waals surface area contributed by atoms with Crippen LogP contribution in [0.1, 0.15) is 28.2 Å². The summed E-state index contributed by atoms with van der Waals surface area (Å²) < 4.78 is 10.8. The van der Waals surface area contributed by atoms with E-state index >= 15 is 0 Å². The minimum absolute atomic E-state index is 0.0332. The SMILES string of the molecule is COc1ccccc1C(=O)N[C@H](C)[C@@H](c1cccs1)N1CCOCC1. The number of rotatable bonds is 6. The molecule has 0 bridgehead atoms. The van der Waals surface area contributed by atoms with Crippen LogP contribution in [0.2, 0.25) is 0 Å². The van der Waals surface area contributed by atoms with Gasteiger partial charge in [0.2, 0.25) is 0 Å². The Morgan fingerprint density at radius 2 is 2.00 bits per heavy atom. The molecule has 1 amide bonds. The molecule has 1 saturated heterocycles. The normalized spacial score (nSPS) is 17.7. The van der Waals surface area contributed by atoms with Crippen LogP contribution >= 0.6 is 11.3 Å². The number of para-hydroxylation sites is 1. The zero-order valence-corrected chi connectivity index (χ0v) is 15.4. The molecular formula is C19H24N2O3S. The molecule has 0 spiro atoms. The van der Waals surface area contributed by atoms with Crippen molar-refractivity contribution in [3.05, 3.63) is 52.2 Å². The van der Waals surface area contributed by atoms with Gasteiger partial charge in [-0.05, 0) is 30.5 Å². The fourth-order valence-electron chi connectivity index (χ4n) is 3.25. The Morgan fingerprint density at radius 1 is 1.24 bits per heavy atom. The van der Waals surface area contributed by atoms with Crippen molar-refractivity contribution in [1.82, 2.24) is 10.2 Å². The van der Waals surface area contributed by atoms with Gasteiger partial charge in [0.25, 0.3) is 5.91 Å². The highest BCUT2D eigenvalue weighted by Crippen LogP contribution is 2.29. The Balaban J connectivity index is 1.78. The lowest BCUT2D eigenvalue weighted by atomic mass is 10.0. The van der Waals surface area contributed by atoms with Gasteiger partial charge in [-0.1, -0.05) is 18.2 Å². The fraction of sp³-hybridized carbons (Fsp3) is 0.421. The highest BCUT2D eigenvalue weighted by Gasteiger charge is 2.30. The zero-order valence-electron chi connectivity index (χ0n) is 14.6. The maximum atomic E-state index is 12.8. The molecule has 2 aromatic rings. The first-order chi connectivity index (χ1) is 12.2. The molecule has 1 aliphatic heterocycles. The van der Waals surface area contributed by atoms with Gasteiger partial charge in [0.1, 0.15) is 5.75 Å². The number of thiophene rings is 1. The van der Waals surface area contributed by atoms with Crippen molar-refractivity contribution < 1.29 is 14.3 Å². The number of carbonyl (C=O) groups excluding carboxylic acids is 1. The number of carbonyl (C=O) groups is 1. The van der Waals surface area contributed by atoms with Gasteiger partial charge in [-0.15, -0.1) is 11.3 Å². The molecule has 25 heavy (non-hydrogen) atoms. The lowest BCUT2D eigenvalue weighted by Crippen LogP contribution is -2.48. The summed E-state index contributed by atoms with van der Waals surface area (Å²) in [7, 11) is 1.58. The molecule has 1 aliphatic rings. The van der Waals surface area contributed by atoms with Gasteiger partial charge in [0.05, 0.1) is 31.9 Å². The summed E-state index contributed by atoms with van der Waals surface area (Å²) in [6, 6.07) is 11.6. The predicted molar refractivity (Wildman–Crippen MR) is 99.4 cm³/mol. The van der Waals surface area contributed by atoms with Gasteiger partial charge in [0, 0.05) is 24.0 Å². The number of amides is 1. The molecule has 1 aromatic heterocycles. The molecule has 134 valence electrons. The molecular weight excluding hydrogens is 336 g/mol. The summed E-state index contributed by atoms with van der Waals surface area (Å²) in [5, 5.41) is 5.24. The third-order valence-electron chi connectivity index (χ3n) is 4.46. The largest absolute Gasteiger partial charge is 0.496 e. The van der Waals surface area contributed by atoms with Crippen molar-refractivity contribution in [2.45, 2.75) is 19.0 Å². The standard InChI is InChI=1S/C19H24N2O3S/c1-14(20-19(22)15-6-3-4-7-16(15)23-2)18(17-8-5-13-25-17)21-9-11-24-12-10-21/h3-8,13-14,18H,9-12H2,1-2H3,(H,20,22)/t14-,18+/m1/s1. The number of ether oxygens (including phenoxy) is 2. The first-order valence-corrected chi connectivity index (χ1v) is 9.37. The average Bonchev–Trinajstić information content (AvgIpc) is 3.16. The van der Waals surface area contributed by atoms with Crippen molar-refractivity contribution in [3.63, 3.8) is 0 Å². The summed E-state index contributed by atoms with van der Waals surface area (Å²) in [5.41, 5.74) is 0.559. The highest BCUT2D eigenvalue weighted by molar-refractivity contribution is 7.10. The second-order valence-corrected chi connectivity index (χ2v) is 7.05. The maximum Gasteiger partial charge on any atom is 0.255 e. The summed E-state index contributed by atoms with van der Waals surface area (Å²) in [4.78, 5) is 16.4. The molecule has 3 rings (SSSR count). The van der Waals surface area contributed by atoms with E-state index in [1.54, 1.807) is 30.6 Å². The maximum absolute atomic E-state index is 12.8. The summed E-state index contributed by atoms with van der Waals surface area (Å²) in [6.07, 6.45) is 0.